The molecule has 4 atom stereocenters. The van der Waals surface area contributed by atoms with Crippen LogP contribution in [0.4, 0.5) is 21.9 Å². The highest BCUT2D eigenvalue weighted by atomic mass is 35.5. The standard InChI is InChI=1S/C29H33ClN2O6Si.C25H39N5O6.C24H29NO4.C15H25N3O2.C7H9NO.2C2H6/c1-8-17-18-12-16(38-39(6,7)28(3,4)5)10-11-22(18)31-24-19(17)14-32-23(24)13-21-20(25(32)33)15-36-26(34)29(21,9-2)37-27(30)35;1-2-27-12-4-3-6-21(25(34)29-22-10-8-20(17-31)9-11-22)16-24(33)19-36-18-23(32)7-5-14-35-15-13-28-30-26;1-2-25-14-8-7-9-17(24(27)28)15-23(26)29-16-22-20-12-5-3-10-18(20)19-11-4-6-13-21(19)22;1-2-17-10-4-3-5-14(16)15(20)18-13-8-6-12(11-19)7-9-13;8-7-3-1-6(5-9)2-4-7;2*1-2/h10-13H,8-9,14-15H2,1-7H3;8-11,21,27,31H,2-7,12-19H2,1H3,(H,29,34);3-6,10-13,17,22,25H,2,7-9,14-16H2,1H3,(H,27,28);6-9,14,17,19H,2-5,10-11,16H2,1H3,(H,18,20);1-4,9H,5,8H2;2*1-2H3/i;3*1T;;;. The van der Waals surface area contributed by atoms with Gasteiger partial charge >= 0.3 is 23.3 Å². The lowest BCUT2D eigenvalue weighted by atomic mass is 9.85. The second kappa shape index (κ2) is 62.0. The summed E-state index contributed by atoms with van der Waals surface area (Å²) in [5, 5.41) is 55.6. The number of amides is 2. The molecule has 0 spiro atoms. The van der Waals surface area contributed by atoms with E-state index >= 15 is 0 Å². The number of pyridine rings is 2. The largest absolute Gasteiger partial charge is 0.543 e. The minimum absolute atomic E-state index is 0.00785. The zero-order chi connectivity index (χ0) is 103. The molecule has 1 aliphatic carbocycles. The number of rotatable bonds is 48. The van der Waals surface area contributed by atoms with Crippen molar-refractivity contribution in [3.05, 3.63) is 216 Å². The summed E-state index contributed by atoms with van der Waals surface area (Å²) in [6, 6.07) is 44.4. The Labute approximate surface area is 817 Å². The molecule has 3 aliphatic rings. The second-order valence-electron chi connectivity index (χ2n) is 33.9. The number of nitrogen functional groups attached to an aromatic ring is 1. The number of ether oxygens (including phenoxy) is 5. The molecule has 13 N–H and O–H groups in total. The normalized spacial score (nSPS) is 13.9. The summed E-state index contributed by atoms with van der Waals surface area (Å²) in [5.74, 6) is -3.48. The molecule has 31 nitrogen and oxygen atoms in total. The molecular weight excluding hydrogens is 1780 g/mol. The number of unbranched alkanes of at least 4 members (excludes halogenated alkanes) is 3. The Morgan fingerprint density at radius 3 is 1.73 bits per heavy atom. The third-order valence-corrected chi connectivity index (χ3v) is 27.9. The molecule has 11 rings (SSSR count). The lowest BCUT2D eigenvalue weighted by Gasteiger charge is -2.36. The number of carbonyl (C=O) groups is 8. The van der Waals surface area contributed by atoms with Gasteiger partial charge in [-0.25, -0.2) is 14.6 Å². The van der Waals surface area contributed by atoms with E-state index in [1.165, 1.54) is 0 Å². The number of halogens is 1. The molecule has 8 aromatic rings. The predicted octanol–water partition coefficient (Wildman–Crippen LogP) is 17.8. The van der Waals surface area contributed by atoms with Crippen molar-refractivity contribution in [2.75, 3.05) is 95.2 Å². The molecule has 748 valence electrons. The van der Waals surface area contributed by atoms with Gasteiger partial charge in [-0.15, -0.1) is 0 Å². The number of anilines is 3. The number of carboxylic acid groups (broad SMARTS) is 1. The first-order valence-corrected chi connectivity index (χ1v) is 50.6. The third kappa shape index (κ3) is 37.0. The van der Waals surface area contributed by atoms with Crippen molar-refractivity contribution in [1.82, 2.24) is 25.5 Å². The summed E-state index contributed by atoms with van der Waals surface area (Å²) in [7, 11) is -2.04. The zero-order valence-electron chi connectivity index (χ0n) is 84.6. The highest BCUT2D eigenvalue weighted by Crippen LogP contribution is 2.46. The Morgan fingerprint density at radius 2 is 1.21 bits per heavy atom. The molecule has 137 heavy (non-hydrogen) atoms. The van der Waals surface area contributed by atoms with Gasteiger partial charge in [-0.3, -0.25) is 33.6 Å². The minimum Gasteiger partial charge on any atom is -0.543 e. The number of nitrogens with two attached hydrogens (primary N) is 2. The van der Waals surface area contributed by atoms with E-state index in [0.29, 0.717) is 114 Å². The van der Waals surface area contributed by atoms with Crippen LogP contribution in [0.3, 0.4) is 0 Å². The number of azide groups is 1. The van der Waals surface area contributed by atoms with Gasteiger partial charge in [-0.1, -0.05) is 192 Å². The van der Waals surface area contributed by atoms with E-state index in [0.717, 1.165) is 137 Å². The lowest BCUT2D eigenvalue weighted by molar-refractivity contribution is -0.171. The van der Waals surface area contributed by atoms with Crippen LogP contribution in [0.25, 0.3) is 43.9 Å². The number of Topliss-reactive ketones (excluding diaryl/α,β-unsaturated/α-hetero) is 2. The summed E-state index contributed by atoms with van der Waals surface area (Å²) < 4.78 is 56.1. The van der Waals surface area contributed by atoms with E-state index in [-0.39, 0.29) is 124 Å². The number of aliphatic hydroxyl groups excluding tert-OH is 3. The fourth-order valence-electron chi connectivity index (χ4n) is 15.1. The van der Waals surface area contributed by atoms with Gasteiger partial charge in [0.25, 0.3) is 5.56 Å². The number of benzene rings is 6. The lowest BCUT2D eigenvalue weighted by Crippen LogP contribution is -2.46. The molecule has 0 radical (unpaired) electrons. The van der Waals surface area contributed by atoms with Crippen LogP contribution in [0, 0.1) is 11.8 Å². The molecule has 4 heterocycles. The number of carbonyl (C=O) groups excluding carboxylic acids is 7. The summed E-state index contributed by atoms with van der Waals surface area (Å²) in [5.41, 5.74) is 29.9. The summed E-state index contributed by atoms with van der Waals surface area (Å²) in [4.78, 5) is 119. The summed E-state index contributed by atoms with van der Waals surface area (Å²) in [6.45, 7) is 29.0. The average Bonchev–Trinajstić information content (AvgIpc) is 1.53. The number of esters is 2. The first-order chi connectivity index (χ1) is 67.3. The number of hydrogen-bond donors (Lipinski definition) is 11. The van der Waals surface area contributed by atoms with Crippen LogP contribution >= 0.6 is 11.6 Å². The highest BCUT2D eigenvalue weighted by molar-refractivity contribution is 6.74. The van der Waals surface area contributed by atoms with Crippen molar-refractivity contribution >= 4 is 94.6 Å². The number of carboxylic acids is 1. The molecule has 6 aromatic carbocycles. The number of aryl methyl sites for hydroxylation is 1. The smallest absolute Gasteiger partial charge is 0.405 e. The molecule has 0 saturated heterocycles. The maximum Gasteiger partial charge on any atom is 0.405 e. The van der Waals surface area contributed by atoms with Crippen LogP contribution in [0.5, 0.6) is 5.75 Å². The Hall–Kier alpha value is -11.1. The number of aliphatic hydroxyl groups is 3. The molecule has 2 aromatic heterocycles. The number of cyclic esters (lactones) is 1. The molecule has 33 heteroatoms. The monoisotopic (exact) mass is 1940 g/mol. The van der Waals surface area contributed by atoms with Crippen LogP contribution in [0.15, 0.2) is 156 Å². The molecule has 2 aliphatic heterocycles. The first kappa shape index (κ1) is 111. The molecular formula is C104H147ClN12O19Si. The van der Waals surface area contributed by atoms with Gasteiger partial charge in [0.2, 0.25) is 25.7 Å². The topological polar surface area (TPSA) is 469 Å². The fourth-order valence-corrected chi connectivity index (χ4v) is 16.2. The van der Waals surface area contributed by atoms with Gasteiger partial charge in [0.15, 0.2) is 11.6 Å². The van der Waals surface area contributed by atoms with Crippen molar-refractivity contribution in [2.45, 2.75) is 248 Å². The number of aromatic nitrogens is 2. The molecule has 0 saturated carbocycles. The summed E-state index contributed by atoms with van der Waals surface area (Å²) >= 11 is 5.56. The van der Waals surface area contributed by atoms with E-state index in [1.54, 1.807) is 90.4 Å². The van der Waals surface area contributed by atoms with E-state index in [1.807, 2.05) is 64.1 Å². The van der Waals surface area contributed by atoms with Crippen molar-refractivity contribution in [1.29, 1.82) is 0 Å². The Morgan fingerprint density at radius 1 is 0.679 bits per heavy atom. The van der Waals surface area contributed by atoms with Crippen LogP contribution < -0.4 is 48.0 Å². The van der Waals surface area contributed by atoms with Gasteiger partial charge in [0.05, 0.1) is 73.8 Å². The van der Waals surface area contributed by atoms with Gasteiger partial charge in [-0.05, 0) is 226 Å². The minimum atomic E-state index is -2.04. The number of nitrogens with one attached hydrogen (secondary N) is 5. The summed E-state index contributed by atoms with van der Waals surface area (Å²) in [6.07, 6.45) is 8.01. The van der Waals surface area contributed by atoms with Gasteiger partial charge in [-0.2, -0.15) is 0 Å². The Kier molecular flexibility index (Phi) is 50.3. The van der Waals surface area contributed by atoms with E-state index < -0.39 is 55.1 Å². The number of aliphatic carboxylic acids is 1. The highest BCUT2D eigenvalue weighted by Gasteiger charge is 2.51. The van der Waals surface area contributed by atoms with Gasteiger partial charge < -0.3 is 91.2 Å². The van der Waals surface area contributed by atoms with Crippen molar-refractivity contribution in [3.63, 3.8) is 0 Å². The maximum absolute atomic E-state index is 13.7. The zero-order valence-corrected chi connectivity index (χ0v) is 83.4. The number of ketones is 2. The second-order valence-corrected chi connectivity index (χ2v) is 39.0. The van der Waals surface area contributed by atoms with E-state index in [2.05, 4.69) is 108 Å². The Bertz CT molecular complexity index is 5260. The number of hydrogen-bond acceptors (Lipinski definition) is 25. The van der Waals surface area contributed by atoms with Crippen LogP contribution in [0.2, 0.25) is 18.1 Å². The van der Waals surface area contributed by atoms with Gasteiger partial charge in [0, 0.05) is 92.0 Å². The van der Waals surface area contributed by atoms with E-state index in [9.17, 15) is 53.4 Å². The van der Waals surface area contributed by atoms with Crippen molar-refractivity contribution < 1.29 is 91.0 Å². The fraction of sp³-hybridized carbons (Fsp3) is 0.500. The molecule has 0 fully saturated rings. The Balaban J connectivity index is 0.000000321. The van der Waals surface area contributed by atoms with Crippen LogP contribution in [0.1, 0.15) is 233 Å². The SMILES string of the molecule is CC.CC.CCc1c2c(nc3ccc(O[Si](C)(C)C(C)(C)C)cc13)-c1cc3c(c(=O)n1C2)COC(=O)C3(CC)OC(=O)Cl.Nc1ccc(CO)cc1.[3H]CCNCCCCC(CC(=O)COCC(=O)CCCOCCN=[N+]=[N-])C(=O)Nc1ccc(CO)cc1.[3H]CCNCCCCC(CC(=O)OCC1c2ccccc2-c2ccccc21)C(=O)O.[3H]CCNCCCCC(N)C(=O)Nc1ccc(CO)cc1. The number of nitrogens with zero attached hydrogens (tertiary/aromatic N) is 5. The van der Waals surface area contributed by atoms with Gasteiger partial charge in [0.1, 0.15) is 32.2 Å². The molecule has 4 unspecified atom stereocenters. The maximum atomic E-state index is 13.7. The quantitative estimate of drug-likeness (QED) is 0.00194. The first-order valence-electron chi connectivity index (χ1n) is 49.4. The van der Waals surface area contributed by atoms with E-state index in [4.69, 9.17) is 76.0 Å². The van der Waals surface area contributed by atoms with Crippen molar-refractivity contribution in [2.24, 2.45) is 22.7 Å². The predicted molar refractivity (Wildman–Crippen MR) is 542 cm³/mol. The third-order valence-electron chi connectivity index (χ3n) is 23.5. The molecule has 2 amide bonds. The average molecular weight is 1940 g/mol. The van der Waals surface area contributed by atoms with Crippen LogP contribution in [-0.2, 0) is 102 Å². The van der Waals surface area contributed by atoms with Crippen molar-refractivity contribution in [3.8, 4) is 28.3 Å². The molecule has 0 bridgehead atoms. The van der Waals surface area contributed by atoms with Crippen LogP contribution in [-0.4, -0.2) is 170 Å². The number of fused-ring (bicyclic) bond motifs is 8.